The molecule has 0 aliphatic carbocycles. The summed E-state index contributed by atoms with van der Waals surface area (Å²) in [4.78, 5) is 0. The first-order valence-electron chi connectivity index (χ1n) is 6.66. The maximum absolute atomic E-state index is 9.67. The molecule has 0 spiro atoms. The van der Waals surface area contributed by atoms with Gasteiger partial charge in [0.05, 0.1) is 32.0 Å². The summed E-state index contributed by atoms with van der Waals surface area (Å²) in [6, 6.07) is 0.337. The molecule has 0 rings (SSSR count). The molecule has 0 bridgehead atoms. The molecule has 110 valence electrons. The van der Waals surface area contributed by atoms with Gasteiger partial charge in [0.2, 0.25) is 0 Å². The number of ether oxygens (including phenoxy) is 3. The van der Waals surface area contributed by atoms with E-state index < -0.39 is 6.10 Å². The molecule has 0 heterocycles. The third-order valence-electron chi connectivity index (χ3n) is 2.45. The van der Waals surface area contributed by atoms with Crippen molar-refractivity contribution < 1.29 is 19.3 Å². The second kappa shape index (κ2) is 11.9. The second-order valence-electron chi connectivity index (χ2n) is 4.74. The van der Waals surface area contributed by atoms with E-state index in [2.05, 4.69) is 12.2 Å². The number of aliphatic hydroxyl groups excluding tert-OH is 1. The van der Waals surface area contributed by atoms with Gasteiger partial charge in [-0.1, -0.05) is 0 Å². The summed E-state index contributed by atoms with van der Waals surface area (Å²) in [6.45, 7) is 8.74. The maximum atomic E-state index is 9.67. The van der Waals surface area contributed by atoms with Gasteiger partial charge in [-0.05, 0) is 27.2 Å². The van der Waals surface area contributed by atoms with Crippen molar-refractivity contribution in [2.45, 2.75) is 45.4 Å². The van der Waals surface area contributed by atoms with Gasteiger partial charge in [0.25, 0.3) is 0 Å². The summed E-state index contributed by atoms with van der Waals surface area (Å²) in [5, 5.41) is 12.9. The quantitative estimate of drug-likeness (QED) is 0.510. The highest BCUT2D eigenvalue weighted by Gasteiger charge is 2.07. The highest BCUT2D eigenvalue weighted by atomic mass is 16.5. The Morgan fingerprint density at radius 2 is 1.83 bits per heavy atom. The van der Waals surface area contributed by atoms with Crippen molar-refractivity contribution in [1.29, 1.82) is 0 Å². The van der Waals surface area contributed by atoms with Crippen LogP contribution < -0.4 is 5.32 Å². The van der Waals surface area contributed by atoms with Crippen molar-refractivity contribution in [2.75, 3.05) is 40.1 Å². The molecule has 2 unspecified atom stereocenters. The predicted molar refractivity (Wildman–Crippen MR) is 71.9 cm³/mol. The summed E-state index contributed by atoms with van der Waals surface area (Å²) in [6.07, 6.45) is 0.683. The number of hydrogen-bond donors (Lipinski definition) is 2. The Hall–Kier alpha value is -0.200. The first-order valence-corrected chi connectivity index (χ1v) is 6.66. The number of nitrogens with one attached hydrogen (secondary N) is 1. The Morgan fingerprint density at radius 1 is 1.11 bits per heavy atom. The number of aliphatic hydroxyl groups is 1. The third kappa shape index (κ3) is 12.3. The molecular weight excluding hydrogens is 234 g/mol. The Morgan fingerprint density at radius 3 is 2.44 bits per heavy atom. The lowest BCUT2D eigenvalue weighted by atomic mass is 10.2. The first-order chi connectivity index (χ1) is 8.56. The van der Waals surface area contributed by atoms with Gasteiger partial charge in [-0.2, -0.15) is 0 Å². The Kier molecular flexibility index (Phi) is 11.7. The van der Waals surface area contributed by atoms with Crippen molar-refractivity contribution in [1.82, 2.24) is 5.32 Å². The molecule has 0 fully saturated rings. The van der Waals surface area contributed by atoms with Crippen LogP contribution >= 0.6 is 0 Å². The van der Waals surface area contributed by atoms with Crippen LogP contribution in [0.25, 0.3) is 0 Å². The number of methoxy groups -OCH3 is 1. The first kappa shape index (κ1) is 17.8. The van der Waals surface area contributed by atoms with Crippen molar-refractivity contribution in [3.63, 3.8) is 0 Å². The molecule has 2 atom stereocenters. The van der Waals surface area contributed by atoms with Gasteiger partial charge in [0, 0.05) is 26.3 Å². The predicted octanol–water partition coefficient (Wildman–Crippen LogP) is 0.804. The van der Waals surface area contributed by atoms with Crippen molar-refractivity contribution in [3.8, 4) is 0 Å². The van der Waals surface area contributed by atoms with E-state index in [9.17, 15) is 5.11 Å². The van der Waals surface area contributed by atoms with Crippen LogP contribution in [0, 0.1) is 0 Å². The lowest BCUT2D eigenvalue weighted by Gasteiger charge is -2.17. The monoisotopic (exact) mass is 263 g/mol. The fraction of sp³-hybridized carbons (Fsp3) is 1.00. The van der Waals surface area contributed by atoms with Gasteiger partial charge in [-0.3, -0.25) is 0 Å². The number of hydrogen-bond acceptors (Lipinski definition) is 5. The van der Waals surface area contributed by atoms with E-state index in [0.29, 0.717) is 32.4 Å². The van der Waals surface area contributed by atoms with Crippen molar-refractivity contribution in [3.05, 3.63) is 0 Å². The smallest absolute Gasteiger partial charge is 0.0897 e. The Balaban J connectivity index is 3.34. The molecule has 0 aromatic rings. The van der Waals surface area contributed by atoms with Crippen LogP contribution in [0.2, 0.25) is 0 Å². The molecular formula is C13H29NO4. The van der Waals surface area contributed by atoms with E-state index in [1.54, 1.807) is 7.11 Å². The van der Waals surface area contributed by atoms with Crippen molar-refractivity contribution in [2.24, 2.45) is 0 Å². The summed E-state index contributed by atoms with van der Waals surface area (Å²) >= 11 is 0. The van der Waals surface area contributed by atoms with Crippen LogP contribution in [0.4, 0.5) is 0 Å². The minimum atomic E-state index is -0.478. The fourth-order valence-corrected chi connectivity index (χ4v) is 1.35. The normalized spacial score (nSPS) is 15.0. The molecule has 0 aliphatic rings. The standard InChI is InChI=1S/C13H29NO4/c1-11(2)18-8-7-17-10-13(15)9-14-12(3)5-6-16-4/h11-15H,5-10H2,1-4H3. The highest BCUT2D eigenvalue weighted by molar-refractivity contribution is 4.64. The molecule has 0 aromatic heterocycles. The molecule has 0 amide bonds. The molecule has 0 aliphatic heterocycles. The lowest BCUT2D eigenvalue weighted by Crippen LogP contribution is -2.36. The fourth-order valence-electron chi connectivity index (χ4n) is 1.35. The summed E-state index contributed by atoms with van der Waals surface area (Å²) in [7, 11) is 1.69. The summed E-state index contributed by atoms with van der Waals surface area (Å²) < 4.78 is 15.6. The van der Waals surface area contributed by atoms with E-state index in [1.165, 1.54) is 0 Å². The minimum Gasteiger partial charge on any atom is -0.389 e. The average molecular weight is 263 g/mol. The summed E-state index contributed by atoms with van der Waals surface area (Å²) in [5.74, 6) is 0. The number of rotatable bonds is 12. The summed E-state index contributed by atoms with van der Waals surface area (Å²) in [5.41, 5.74) is 0. The molecule has 2 N–H and O–H groups in total. The van der Waals surface area contributed by atoms with Crippen LogP contribution in [0.5, 0.6) is 0 Å². The lowest BCUT2D eigenvalue weighted by molar-refractivity contribution is -0.0105. The highest BCUT2D eigenvalue weighted by Crippen LogP contribution is 1.93. The molecule has 18 heavy (non-hydrogen) atoms. The topological polar surface area (TPSA) is 60.0 Å². The average Bonchev–Trinajstić information content (AvgIpc) is 2.33. The molecule has 0 radical (unpaired) electrons. The van der Waals surface area contributed by atoms with Gasteiger partial charge in [0.15, 0.2) is 0 Å². The SMILES string of the molecule is COCCC(C)NCC(O)COCCOC(C)C. The maximum Gasteiger partial charge on any atom is 0.0897 e. The van der Waals surface area contributed by atoms with Crippen LogP contribution in [0.3, 0.4) is 0 Å². The van der Waals surface area contributed by atoms with Crippen LogP contribution in [-0.4, -0.2) is 63.4 Å². The van der Waals surface area contributed by atoms with Gasteiger partial charge in [-0.15, -0.1) is 0 Å². The van der Waals surface area contributed by atoms with E-state index in [1.807, 2.05) is 13.8 Å². The molecule has 5 nitrogen and oxygen atoms in total. The van der Waals surface area contributed by atoms with Gasteiger partial charge in [0.1, 0.15) is 0 Å². The zero-order valence-electron chi connectivity index (χ0n) is 12.1. The third-order valence-corrected chi connectivity index (χ3v) is 2.45. The van der Waals surface area contributed by atoms with Gasteiger partial charge >= 0.3 is 0 Å². The Labute approximate surface area is 111 Å². The minimum absolute atomic E-state index is 0.224. The Bertz CT molecular complexity index is 178. The van der Waals surface area contributed by atoms with E-state index in [-0.39, 0.29) is 6.10 Å². The zero-order valence-corrected chi connectivity index (χ0v) is 12.1. The van der Waals surface area contributed by atoms with Crippen LogP contribution in [-0.2, 0) is 14.2 Å². The molecule has 0 aromatic carbocycles. The largest absolute Gasteiger partial charge is 0.389 e. The zero-order chi connectivity index (χ0) is 13.8. The van der Waals surface area contributed by atoms with Crippen LogP contribution in [0.1, 0.15) is 27.2 Å². The molecule has 0 saturated carbocycles. The van der Waals surface area contributed by atoms with E-state index in [4.69, 9.17) is 14.2 Å². The van der Waals surface area contributed by atoms with E-state index in [0.717, 1.165) is 13.0 Å². The van der Waals surface area contributed by atoms with Crippen molar-refractivity contribution >= 4 is 0 Å². The molecule has 0 saturated heterocycles. The molecule has 5 heteroatoms. The van der Waals surface area contributed by atoms with Gasteiger partial charge < -0.3 is 24.6 Å². The van der Waals surface area contributed by atoms with Crippen LogP contribution in [0.15, 0.2) is 0 Å². The van der Waals surface area contributed by atoms with E-state index >= 15 is 0 Å². The second-order valence-corrected chi connectivity index (χ2v) is 4.74. The van der Waals surface area contributed by atoms with Gasteiger partial charge in [-0.25, -0.2) is 0 Å².